The first-order valence-corrected chi connectivity index (χ1v) is 13.3. The zero-order valence-electron chi connectivity index (χ0n) is 21.4. The largest absolute Gasteiger partial charge is 0.492 e. The molecule has 0 aromatic heterocycles. The SMILES string of the molecule is CC(=O)N1CC(C(=O)N2CCC3(CCCCc4ccccc4OCCN(CC(C)C)C3)CC2)C1. The van der Waals surface area contributed by atoms with Crippen LogP contribution in [0.1, 0.15) is 58.4 Å². The molecule has 0 aliphatic carbocycles. The first kappa shape index (κ1) is 25.0. The first-order valence-electron chi connectivity index (χ1n) is 13.3. The van der Waals surface area contributed by atoms with Crippen LogP contribution in [-0.2, 0) is 16.0 Å². The number of para-hydroxylation sites is 1. The summed E-state index contributed by atoms with van der Waals surface area (Å²) in [4.78, 5) is 31.0. The molecule has 3 aliphatic heterocycles. The van der Waals surface area contributed by atoms with Crippen molar-refractivity contribution in [1.29, 1.82) is 0 Å². The van der Waals surface area contributed by atoms with Crippen molar-refractivity contribution in [3.63, 3.8) is 0 Å². The summed E-state index contributed by atoms with van der Waals surface area (Å²) < 4.78 is 6.24. The van der Waals surface area contributed by atoms with Gasteiger partial charge in [0.25, 0.3) is 0 Å². The average molecular weight is 470 g/mol. The molecular weight excluding hydrogens is 426 g/mol. The second-order valence-corrected chi connectivity index (χ2v) is 11.2. The van der Waals surface area contributed by atoms with E-state index in [1.807, 2.05) is 0 Å². The van der Waals surface area contributed by atoms with E-state index in [9.17, 15) is 9.59 Å². The molecule has 0 unspecified atom stereocenters. The lowest BCUT2D eigenvalue weighted by molar-refractivity contribution is -0.149. The monoisotopic (exact) mass is 469 g/mol. The molecule has 2 amide bonds. The number of hydrogen-bond donors (Lipinski definition) is 0. The molecule has 6 nitrogen and oxygen atoms in total. The molecule has 2 saturated heterocycles. The molecule has 34 heavy (non-hydrogen) atoms. The van der Waals surface area contributed by atoms with Gasteiger partial charge in [-0.25, -0.2) is 0 Å². The lowest BCUT2D eigenvalue weighted by Gasteiger charge is -2.47. The van der Waals surface area contributed by atoms with Gasteiger partial charge < -0.3 is 14.5 Å². The quantitative estimate of drug-likeness (QED) is 0.675. The minimum Gasteiger partial charge on any atom is -0.492 e. The molecule has 2 fully saturated rings. The van der Waals surface area contributed by atoms with E-state index in [1.165, 1.54) is 24.8 Å². The van der Waals surface area contributed by atoms with Gasteiger partial charge in [0, 0.05) is 52.7 Å². The second kappa shape index (κ2) is 11.1. The van der Waals surface area contributed by atoms with Crippen molar-refractivity contribution >= 4 is 11.8 Å². The van der Waals surface area contributed by atoms with Crippen molar-refractivity contribution in [1.82, 2.24) is 14.7 Å². The number of likely N-dealkylation sites (tertiary alicyclic amines) is 2. The molecule has 1 aromatic carbocycles. The van der Waals surface area contributed by atoms with Crippen LogP contribution >= 0.6 is 0 Å². The highest BCUT2D eigenvalue weighted by Crippen LogP contribution is 2.39. The van der Waals surface area contributed by atoms with E-state index < -0.39 is 0 Å². The van der Waals surface area contributed by atoms with E-state index in [2.05, 4.69) is 47.9 Å². The Kier molecular flexibility index (Phi) is 8.18. The van der Waals surface area contributed by atoms with Crippen LogP contribution in [0.5, 0.6) is 5.75 Å². The van der Waals surface area contributed by atoms with E-state index in [1.54, 1.807) is 11.8 Å². The molecule has 3 aliphatic rings. The summed E-state index contributed by atoms with van der Waals surface area (Å²) in [5, 5.41) is 0. The van der Waals surface area contributed by atoms with Gasteiger partial charge in [-0.15, -0.1) is 0 Å². The maximum Gasteiger partial charge on any atom is 0.229 e. The molecule has 3 heterocycles. The normalized spacial score (nSPS) is 22.4. The predicted molar refractivity (Wildman–Crippen MR) is 135 cm³/mol. The molecule has 4 rings (SSSR count). The number of hydrogen-bond acceptors (Lipinski definition) is 4. The predicted octanol–water partition coefficient (Wildman–Crippen LogP) is 3.84. The number of benzene rings is 1. The third-order valence-electron chi connectivity index (χ3n) is 8.04. The number of aryl methyl sites for hydroxylation is 1. The van der Waals surface area contributed by atoms with E-state index in [4.69, 9.17) is 4.74 Å². The molecular formula is C28H43N3O3. The highest BCUT2D eigenvalue weighted by molar-refractivity contribution is 5.83. The minimum absolute atomic E-state index is 0.00362. The van der Waals surface area contributed by atoms with Crippen molar-refractivity contribution in [3.05, 3.63) is 29.8 Å². The lowest BCUT2D eigenvalue weighted by atomic mass is 9.73. The summed E-state index contributed by atoms with van der Waals surface area (Å²) in [6, 6.07) is 8.51. The van der Waals surface area contributed by atoms with E-state index >= 15 is 0 Å². The van der Waals surface area contributed by atoms with Crippen LogP contribution in [0.25, 0.3) is 0 Å². The number of piperidine rings is 1. The standard InChI is InChI=1S/C28H43N3O3/c1-22(2)18-29-16-17-34-26-10-5-4-8-24(26)9-6-7-11-28(21-29)12-14-30(15-13-28)27(33)25-19-31(20-25)23(3)32/h4-5,8,10,22,25H,6-7,9,11-21H2,1-3H3. The van der Waals surface area contributed by atoms with Crippen molar-refractivity contribution < 1.29 is 14.3 Å². The van der Waals surface area contributed by atoms with Gasteiger partial charge >= 0.3 is 0 Å². The summed E-state index contributed by atoms with van der Waals surface area (Å²) in [6.45, 7) is 12.9. The second-order valence-electron chi connectivity index (χ2n) is 11.2. The highest BCUT2D eigenvalue weighted by atomic mass is 16.5. The molecule has 6 heteroatoms. The summed E-state index contributed by atoms with van der Waals surface area (Å²) >= 11 is 0. The Morgan fingerprint density at radius 3 is 2.47 bits per heavy atom. The number of carbonyl (C=O) groups excluding carboxylic acids is 2. The van der Waals surface area contributed by atoms with Crippen molar-refractivity contribution in [2.24, 2.45) is 17.3 Å². The van der Waals surface area contributed by atoms with Gasteiger partial charge in [-0.05, 0) is 55.1 Å². The van der Waals surface area contributed by atoms with E-state index in [-0.39, 0.29) is 23.1 Å². The van der Waals surface area contributed by atoms with E-state index in [0.717, 1.165) is 64.3 Å². The number of carbonyl (C=O) groups is 2. The van der Waals surface area contributed by atoms with Crippen molar-refractivity contribution in [3.8, 4) is 5.75 Å². The number of ether oxygens (including phenoxy) is 1. The summed E-state index contributed by atoms with van der Waals surface area (Å²) in [5.74, 6) is 2.00. The average Bonchev–Trinajstić information content (AvgIpc) is 2.75. The van der Waals surface area contributed by atoms with Crippen LogP contribution in [-0.4, -0.2) is 78.9 Å². The van der Waals surface area contributed by atoms with Gasteiger partial charge in [0.15, 0.2) is 0 Å². The number of fused-ring (bicyclic) bond motifs is 1. The highest BCUT2D eigenvalue weighted by Gasteiger charge is 2.41. The van der Waals surface area contributed by atoms with Crippen LogP contribution in [0.3, 0.4) is 0 Å². The van der Waals surface area contributed by atoms with Crippen molar-refractivity contribution in [2.45, 2.75) is 59.3 Å². The van der Waals surface area contributed by atoms with Gasteiger partial charge in [0.1, 0.15) is 12.4 Å². The number of nitrogens with zero attached hydrogens (tertiary/aromatic N) is 3. The van der Waals surface area contributed by atoms with Crippen molar-refractivity contribution in [2.75, 3.05) is 52.4 Å². The summed E-state index contributed by atoms with van der Waals surface area (Å²) in [5.41, 5.74) is 1.60. The Balaban J connectivity index is 1.40. The third kappa shape index (κ3) is 6.12. The van der Waals surface area contributed by atoms with Gasteiger partial charge in [-0.1, -0.05) is 38.5 Å². The Morgan fingerprint density at radius 2 is 1.76 bits per heavy atom. The molecule has 0 saturated carbocycles. The molecule has 1 aromatic rings. The fraction of sp³-hybridized carbons (Fsp3) is 0.714. The zero-order chi connectivity index (χ0) is 24.1. The maximum atomic E-state index is 13.0. The number of rotatable bonds is 3. The Hall–Kier alpha value is -2.08. The van der Waals surface area contributed by atoms with Gasteiger partial charge in [-0.2, -0.15) is 0 Å². The zero-order valence-corrected chi connectivity index (χ0v) is 21.4. The van der Waals surface area contributed by atoms with Crippen LogP contribution in [0.4, 0.5) is 0 Å². The van der Waals surface area contributed by atoms with Crippen LogP contribution < -0.4 is 4.74 Å². The summed E-state index contributed by atoms with van der Waals surface area (Å²) in [7, 11) is 0. The topological polar surface area (TPSA) is 53.1 Å². The van der Waals surface area contributed by atoms with Crippen LogP contribution in [0.2, 0.25) is 0 Å². The smallest absolute Gasteiger partial charge is 0.229 e. The molecule has 0 atom stereocenters. The maximum absolute atomic E-state index is 13.0. The number of amides is 2. The molecule has 188 valence electrons. The Bertz CT molecular complexity index is 841. The molecule has 0 N–H and O–H groups in total. The molecule has 1 spiro atoms. The summed E-state index contributed by atoms with van der Waals surface area (Å²) in [6.07, 6.45) is 6.85. The lowest BCUT2D eigenvalue weighted by Crippen LogP contribution is -2.58. The van der Waals surface area contributed by atoms with E-state index in [0.29, 0.717) is 19.0 Å². The van der Waals surface area contributed by atoms with Gasteiger partial charge in [-0.3, -0.25) is 14.5 Å². The fourth-order valence-electron chi connectivity index (χ4n) is 6.02. The molecule has 0 bridgehead atoms. The molecule has 0 radical (unpaired) electrons. The Labute approximate surface area is 205 Å². The van der Waals surface area contributed by atoms with Crippen LogP contribution in [0.15, 0.2) is 24.3 Å². The van der Waals surface area contributed by atoms with Crippen LogP contribution in [0, 0.1) is 17.3 Å². The minimum atomic E-state index is 0.00362. The Morgan fingerprint density at radius 1 is 1.03 bits per heavy atom. The van der Waals surface area contributed by atoms with Gasteiger partial charge in [0.05, 0.1) is 5.92 Å². The first-order chi connectivity index (χ1) is 16.3. The third-order valence-corrected chi connectivity index (χ3v) is 8.04. The fourth-order valence-corrected chi connectivity index (χ4v) is 6.02. The van der Waals surface area contributed by atoms with Gasteiger partial charge in [0.2, 0.25) is 11.8 Å².